The van der Waals surface area contributed by atoms with Gasteiger partial charge in [0, 0.05) is 18.3 Å². The van der Waals surface area contributed by atoms with E-state index < -0.39 is 26.9 Å². The van der Waals surface area contributed by atoms with Crippen LogP contribution in [0.5, 0.6) is 5.75 Å². The summed E-state index contributed by atoms with van der Waals surface area (Å²) < 4.78 is 27.9. The monoisotopic (exact) mass is 362 g/mol. The highest BCUT2D eigenvalue weighted by Gasteiger charge is 2.27. The summed E-state index contributed by atoms with van der Waals surface area (Å²) in [5.74, 6) is -0.732. The molecule has 0 aliphatic rings. The molecule has 0 saturated carbocycles. The molecule has 0 aliphatic carbocycles. The summed E-state index contributed by atoms with van der Waals surface area (Å²) in [5.41, 5.74) is 0.363. The van der Waals surface area contributed by atoms with Crippen LogP contribution < -0.4 is 10.1 Å². The summed E-state index contributed by atoms with van der Waals surface area (Å²) in [5, 5.41) is 1.78. The highest BCUT2D eigenvalue weighted by atomic mass is 35.5. The van der Waals surface area contributed by atoms with E-state index in [-0.39, 0.29) is 6.54 Å². The van der Waals surface area contributed by atoms with Crippen molar-refractivity contribution in [2.24, 2.45) is 0 Å². The fraction of sp³-hybridized carbons (Fsp3) is 0.429. The number of nitrogens with zero attached hydrogens (tertiary/aromatic N) is 1. The number of carbonyl (C=O) groups is 2. The van der Waals surface area contributed by atoms with Crippen LogP contribution >= 0.6 is 11.6 Å². The van der Waals surface area contributed by atoms with Gasteiger partial charge in [-0.15, -0.1) is 0 Å². The zero-order valence-electron chi connectivity index (χ0n) is 13.3. The average molecular weight is 363 g/mol. The van der Waals surface area contributed by atoms with Gasteiger partial charge in [-0.2, -0.15) is 0 Å². The Labute approximate surface area is 140 Å². The molecule has 0 fully saturated rings. The van der Waals surface area contributed by atoms with E-state index in [4.69, 9.17) is 16.3 Å². The first-order chi connectivity index (χ1) is 10.6. The highest BCUT2D eigenvalue weighted by molar-refractivity contribution is 7.92. The summed E-state index contributed by atoms with van der Waals surface area (Å²) >= 11 is 5.87. The number of rotatable bonds is 6. The number of nitrogens with one attached hydrogen (secondary N) is 1. The Balaban J connectivity index is 2.77. The molecule has 1 aromatic carbocycles. The van der Waals surface area contributed by atoms with Gasteiger partial charge >= 0.3 is 0 Å². The normalized spacial score (nSPS) is 12.4. The third-order valence-corrected chi connectivity index (χ3v) is 4.90. The number of methoxy groups -OCH3 is 1. The van der Waals surface area contributed by atoms with Gasteiger partial charge in [0.2, 0.25) is 11.8 Å². The van der Waals surface area contributed by atoms with E-state index >= 15 is 0 Å². The Morgan fingerprint density at radius 2 is 2.00 bits per heavy atom. The lowest BCUT2D eigenvalue weighted by Crippen LogP contribution is -2.42. The van der Waals surface area contributed by atoms with Crippen molar-refractivity contribution < 1.29 is 22.7 Å². The third-order valence-electron chi connectivity index (χ3n) is 3.18. The van der Waals surface area contributed by atoms with Crippen molar-refractivity contribution in [1.82, 2.24) is 4.90 Å². The van der Waals surface area contributed by atoms with Crippen LogP contribution in [-0.4, -0.2) is 57.3 Å². The van der Waals surface area contributed by atoms with Crippen LogP contribution in [0.25, 0.3) is 0 Å². The largest absolute Gasteiger partial charge is 0.495 e. The molecule has 0 spiro atoms. The van der Waals surface area contributed by atoms with Crippen molar-refractivity contribution in [2.45, 2.75) is 12.2 Å². The maximum absolute atomic E-state index is 12.0. The quantitative estimate of drug-likeness (QED) is 0.820. The lowest BCUT2D eigenvalue weighted by molar-refractivity contribution is -0.132. The molecule has 0 saturated heterocycles. The van der Waals surface area contributed by atoms with E-state index in [0.29, 0.717) is 16.5 Å². The molecule has 1 aromatic rings. The Morgan fingerprint density at radius 3 is 2.52 bits per heavy atom. The number of carbonyl (C=O) groups excluding carboxylic acids is 2. The van der Waals surface area contributed by atoms with E-state index in [9.17, 15) is 18.0 Å². The lowest BCUT2D eigenvalue weighted by Gasteiger charge is -2.20. The summed E-state index contributed by atoms with van der Waals surface area (Å²) in [6.07, 6.45) is 0.973. The third kappa shape index (κ3) is 5.40. The lowest BCUT2D eigenvalue weighted by atomic mass is 10.3. The molecule has 0 heterocycles. The number of hydrogen-bond donors (Lipinski definition) is 1. The minimum atomic E-state index is -3.52. The maximum Gasteiger partial charge on any atom is 0.244 e. The summed E-state index contributed by atoms with van der Waals surface area (Å²) in [7, 11) is -0.712. The number of benzene rings is 1. The van der Waals surface area contributed by atoms with Gasteiger partial charge in [0.05, 0.1) is 19.3 Å². The van der Waals surface area contributed by atoms with Crippen LogP contribution in [0.15, 0.2) is 18.2 Å². The van der Waals surface area contributed by atoms with Crippen molar-refractivity contribution in [1.29, 1.82) is 0 Å². The molecule has 1 unspecified atom stereocenters. The molecule has 7 nitrogen and oxygen atoms in total. The molecular weight excluding hydrogens is 344 g/mol. The fourth-order valence-corrected chi connectivity index (χ4v) is 2.47. The molecule has 0 bridgehead atoms. The van der Waals surface area contributed by atoms with Gasteiger partial charge in [-0.1, -0.05) is 11.6 Å². The number of halogens is 1. The predicted octanol–water partition coefficient (Wildman–Crippen LogP) is 1.18. The van der Waals surface area contributed by atoms with E-state index in [1.165, 1.54) is 27.1 Å². The van der Waals surface area contributed by atoms with Gasteiger partial charge < -0.3 is 15.0 Å². The maximum atomic E-state index is 12.0. The molecule has 23 heavy (non-hydrogen) atoms. The Hall–Kier alpha value is -1.80. The van der Waals surface area contributed by atoms with Crippen LogP contribution in [0.2, 0.25) is 5.02 Å². The van der Waals surface area contributed by atoms with E-state index in [1.54, 1.807) is 12.1 Å². The van der Waals surface area contributed by atoms with E-state index in [0.717, 1.165) is 11.2 Å². The first-order valence-electron chi connectivity index (χ1n) is 6.63. The summed E-state index contributed by atoms with van der Waals surface area (Å²) in [6, 6.07) is 4.72. The molecular formula is C14H19ClN2O5S. The molecule has 1 atom stereocenters. The SMILES string of the molecule is COc1ccc(Cl)cc1NC(=O)CN(C)C(=O)C(C)S(C)(=O)=O. The standard InChI is InChI=1S/C14H19ClN2O5S/c1-9(23(4,20)21)14(19)17(2)8-13(18)16-11-7-10(15)5-6-12(11)22-3/h5-7,9H,8H2,1-4H3,(H,16,18). The van der Waals surface area contributed by atoms with Crippen LogP contribution in [0.1, 0.15) is 6.92 Å². The summed E-state index contributed by atoms with van der Waals surface area (Å²) in [6.45, 7) is 0.987. The van der Waals surface area contributed by atoms with Crippen molar-refractivity contribution in [3.8, 4) is 5.75 Å². The van der Waals surface area contributed by atoms with Crippen molar-refractivity contribution in [3.63, 3.8) is 0 Å². The smallest absolute Gasteiger partial charge is 0.244 e. The Bertz CT molecular complexity index is 705. The molecule has 128 valence electrons. The average Bonchev–Trinajstić information content (AvgIpc) is 2.44. The second kappa shape index (κ2) is 7.65. The van der Waals surface area contributed by atoms with Crippen LogP contribution in [0.3, 0.4) is 0 Å². The number of sulfone groups is 1. The number of likely N-dealkylation sites (N-methyl/N-ethyl adjacent to an activating group) is 1. The summed E-state index contributed by atoms with van der Waals surface area (Å²) in [4.78, 5) is 25.1. The molecule has 9 heteroatoms. The van der Waals surface area contributed by atoms with Gasteiger partial charge in [0.1, 0.15) is 11.0 Å². The Kier molecular flexibility index (Phi) is 6.40. The first-order valence-corrected chi connectivity index (χ1v) is 8.96. The van der Waals surface area contributed by atoms with Crippen molar-refractivity contribution in [2.75, 3.05) is 32.3 Å². The zero-order valence-corrected chi connectivity index (χ0v) is 14.9. The van der Waals surface area contributed by atoms with E-state index in [1.807, 2.05) is 0 Å². The highest BCUT2D eigenvalue weighted by Crippen LogP contribution is 2.27. The number of anilines is 1. The second-order valence-corrected chi connectivity index (χ2v) is 7.86. The minimum absolute atomic E-state index is 0.297. The predicted molar refractivity (Wildman–Crippen MR) is 88.6 cm³/mol. The second-order valence-electron chi connectivity index (χ2n) is 5.06. The molecule has 0 radical (unpaired) electrons. The molecule has 1 rings (SSSR count). The van der Waals surface area contributed by atoms with E-state index in [2.05, 4.69) is 5.32 Å². The fourth-order valence-electron chi connectivity index (χ4n) is 1.75. The van der Waals surface area contributed by atoms with Gasteiger partial charge in [-0.3, -0.25) is 9.59 Å². The molecule has 0 aliphatic heterocycles. The van der Waals surface area contributed by atoms with Crippen LogP contribution in [-0.2, 0) is 19.4 Å². The minimum Gasteiger partial charge on any atom is -0.495 e. The van der Waals surface area contributed by atoms with Crippen molar-refractivity contribution in [3.05, 3.63) is 23.2 Å². The molecule has 2 amide bonds. The van der Waals surface area contributed by atoms with Gasteiger partial charge in [0.25, 0.3) is 0 Å². The van der Waals surface area contributed by atoms with Gasteiger partial charge in [-0.25, -0.2) is 8.42 Å². The molecule has 0 aromatic heterocycles. The van der Waals surface area contributed by atoms with Crippen molar-refractivity contribution >= 4 is 38.9 Å². The zero-order chi connectivity index (χ0) is 17.8. The molecule has 1 N–H and O–H groups in total. The van der Waals surface area contributed by atoms with Crippen LogP contribution in [0, 0.1) is 0 Å². The Morgan fingerprint density at radius 1 is 1.39 bits per heavy atom. The van der Waals surface area contributed by atoms with Gasteiger partial charge in [0.15, 0.2) is 9.84 Å². The van der Waals surface area contributed by atoms with Crippen LogP contribution in [0.4, 0.5) is 5.69 Å². The number of hydrogen-bond acceptors (Lipinski definition) is 5. The van der Waals surface area contributed by atoms with Gasteiger partial charge in [-0.05, 0) is 25.1 Å². The number of amides is 2. The first kappa shape index (κ1) is 19.2. The number of ether oxygens (including phenoxy) is 1. The topological polar surface area (TPSA) is 92.8 Å².